The number of hydrogen-bond acceptors (Lipinski definition) is 4. The van der Waals surface area contributed by atoms with E-state index in [-0.39, 0.29) is 6.61 Å². The van der Waals surface area contributed by atoms with E-state index in [0.717, 1.165) is 18.7 Å². The van der Waals surface area contributed by atoms with Crippen LogP contribution in [-0.2, 0) is 13.1 Å². The van der Waals surface area contributed by atoms with E-state index in [1.165, 1.54) is 22.5 Å². The first-order chi connectivity index (χ1) is 12.5. The van der Waals surface area contributed by atoms with Gasteiger partial charge in [-0.1, -0.05) is 24.3 Å². The van der Waals surface area contributed by atoms with Crippen LogP contribution in [0.5, 0.6) is 0 Å². The standard InChI is InChI=1S/C21H30N4O/c1-15-21(16(2)25(23-15)11-12-26)18-7-8-19(13-18)22-14-17-5-9-20(10-6-17)24(3)4/h5-10,18-19,22,26H,11-14H2,1-4H3/t18-,19-/m1/s1. The van der Waals surface area contributed by atoms with Gasteiger partial charge >= 0.3 is 0 Å². The lowest BCUT2D eigenvalue weighted by molar-refractivity contribution is 0.267. The molecule has 1 heterocycles. The minimum atomic E-state index is 0.124. The topological polar surface area (TPSA) is 53.3 Å². The van der Waals surface area contributed by atoms with Gasteiger partial charge in [0.05, 0.1) is 18.8 Å². The van der Waals surface area contributed by atoms with Crippen molar-refractivity contribution in [2.75, 3.05) is 25.6 Å². The Morgan fingerprint density at radius 1 is 1.19 bits per heavy atom. The molecule has 5 heteroatoms. The molecule has 3 rings (SSSR count). The molecule has 140 valence electrons. The Bertz CT molecular complexity index is 761. The van der Waals surface area contributed by atoms with Gasteiger partial charge in [-0.15, -0.1) is 0 Å². The van der Waals surface area contributed by atoms with Crippen LogP contribution in [0.25, 0.3) is 0 Å². The van der Waals surface area contributed by atoms with Crippen molar-refractivity contribution in [1.29, 1.82) is 0 Å². The van der Waals surface area contributed by atoms with Gasteiger partial charge in [0, 0.05) is 49.5 Å². The lowest BCUT2D eigenvalue weighted by Crippen LogP contribution is -2.25. The van der Waals surface area contributed by atoms with Gasteiger partial charge in [-0.25, -0.2) is 0 Å². The monoisotopic (exact) mass is 354 g/mol. The first-order valence-corrected chi connectivity index (χ1v) is 9.32. The van der Waals surface area contributed by atoms with Crippen molar-refractivity contribution < 1.29 is 5.11 Å². The molecule has 2 N–H and O–H groups in total. The second kappa shape index (κ2) is 8.06. The van der Waals surface area contributed by atoms with Gasteiger partial charge in [-0.05, 0) is 38.0 Å². The Morgan fingerprint density at radius 3 is 2.58 bits per heavy atom. The van der Waals surface area contributed by atoms with E-state index in [4.69, 9.17) is 0 Å². The number of nitrogens with zero attached hydrogens (tertiary/aromatic N) is 3. The summed E-state index contributed by atoms with van der Waals surface area (Å²) in [6.45, 7) is 5.73. The summed E-state index contributed by atoms with van der Waals surface area (Å²) in [5, 5.41) is 17.4. The lowest BCUT2D eigenvalue weighted by Gasteiger charge is -2.16. The molecule has 1 aliphatic rings. The van der Waals surface area contributed by atoms with E-state index < -0.39 is 0 Å². The third kappa shape index (κ3) is 4.00. The van der Waals surface area contributed by atoms with Gasteiger partial charge in [0.15, 0.2) is 0 Å². The molecule has 1 aliphatic carbocycles. The Kier molecular flexibility index (Phi) is 5.79. The summed E-state index contributed by atoms with van der Waals surface area (Å²) >= 11 is 0. The van der Waals surface area contributed by atoms with Gasteiger partial charge in [0.1, 0.15) is 0 Å². The van der Waals surface area contributed by atoms with Crippen LogP contribution in [0.2, 0.25) is 0 Å². The molecule has 2 aromatic rings. The number of hydrogen-bond donors (Lipinski definition) is 2. The lowest BCUT2D eigenvalue weighted by atomic mass is 9.96. The van der Waals surface area contributed by atoms with Crippen molar-refractivity contribution in [3.8, 4) is 0 Å². The number of aliphatic hydroxyl groups excluding tert-OH is 1. The van der Waals surface area contributed by atoms with Crippen molar-refractivity contribution in [3.63, 3.8) is 0 Å². The van der Waals surface area contributed by atoms with E-state index in [1.807, 2.05) is 4.68 Å². The highest BCUT2D eigenvalue weighted by Crippen LogP contribution is 2.33. The van der Waals surface area contributed by atoms with Gasteiger partial charge in [-0.2, -0.15) is 5.10 Å². The van der Waals surface area contributed by atoms with Crippen LogP contribution in [0.15, 0.2) is 36.4 Å². The Balaban J connectivity index is 1.59. The molecule has 26 heavy (non-hydrogen) atoms. The normalized spacial score (nSPS) is 19.3. The molecule has 0 amide bonds. The average Bonchev–Trinajstić information content (AvgIpc) is 3.18. The zero-order valence-corrected chi connectivity index (χ0v) is 16.2. The van der Waals surface area contributed by atoms with Gasteiger partial charge in [-0.3, -0.25) is 4.68 Å². The molecular formula is C21H30N4O. The van der Waals surface area contributed by atoms with Gasteiger partial charge < -0.3 is 15.3 Å². The highest BCUT2D eigenvalue weighted by Gasteiger charge is 2.25. The van der Waals surface area contributed by atoms with E-state index >= 15 is 0 Å². The molecule has 0 bridgehead atoms. The number of allylic oxidation sites excluding steroid dienone is 1. The smallest absolute Gasteiger partial charge is 0.0644 e. The maximum Gasteiger partial charge on any atom is 0.0644 e. The van der Waals surface area contributed by atoms with Crippen LogP contribution in [0.3, 0.4) is 0 Å². The van der Waals surface area contributed by atoms with Gasteiger partial charge in [0.2, 0.25) is 0 Å². The molecule has 1 aromatic heterocycles. The molecule has 0 saturated heterocycles. The molecule has 5 nitrogen and oxygen atoms in total. The van der Waals surface area contributed by atoms with Crippen molar-refractivity contribution in [3.05, 3.63) is 58.9 Å². The molecular weight excluding hydrogens is 324 g/mol. The van der Waals surface area contributed by atoms with Crippen LogP contribution in [0.1, 0.15) is 34.9 Å². The quantitative estimate of drug-likeness (QED) is 0.751. The zero-order valence-electron chi connectivity index (χ0n) is 16.2. The molecule has 0 fully saturated rings. The van der Waals surface area contributed by atoms with E-state index in [2.05, 4.69) is 79.7 Å². The number of nitrogens with one attached hydrogen (secondary N) is 1. The molecule has 1 aromatic carbocycles. The number of aromatic nitrogens is 2. The minimum absolute atomic E-state index is 0.124. The summed E-state index contributed by atoms with van der Waals surface area (Å²) in [7, 11) is 4.12. The van der Waals surface area contributed by atoms with Crippen LogP contribution in [-0.4, -0.2) is 41.6 Å². The Morgan fingerprint density at radius 2 is 1.92 bits per heavy atom. The Labute approximate surface area is 156 Å². The van der Waals surface area contributed by atoms with Crippen LogP contribution >= 0.6 is 0 Å². The molecule has 0 spiro atoms. The second-order valence-corrected chi connectivity index (χ2v) is 7.31. The summed E-state index contributed by atoms with van der Waals surface area (Å²) in [5.74, 6) is 0.399. The van der Waals surface area contributed by atoms with Crippen LogP contribution < -0.4 is 10.2 Å². The van der Waals surface area contributed by atoms with E-state index in [0.29, 0.717) is 18.5 Å². The van der Waals surface area contributed by atoms with Crippen LogP contribution in [0, 0.1) is 13.8 Å². The number of benzene rings is 1. The number of aryl methyl sites for hydroxylation is 1. The maximum atomic E-state index is 9.19. The third-order valence-electron chi connectivity index (χ3n) is 5.22. The molecule has 2 atom stereocenters. The average molecular weight is 354 g/mol. The number of rotatable bonds is 7. The largest absolute Gasteiger partial charge is 0.394 e. The Hall–Kier alpha value is -2.11. The van der Waals surface area contributed by atoms with E-state index in [1.54, 1.807) is 0 Å². The van der Waals surface area contributed by atoms with Crippen molar-refractivity contribution in [2.24, 2.45) is 0 Å². The van der Waals surface area contributed by atoms with Crippen molar-refractivity contribution in [1.82, 2.24) is 15.1 Å². The van der Waals surface area contributed by atoms with Crippen molar-refractivity contribution in [2.45, 2.75) is 45.3 Å². The van der Waals surface area contributed by atoms with Crippen LogP contribution in [0.4, 0.5) is 5.69 Å². The predicted octanol–water partition coefficient (Wildman–Crippen LogP) is 2.76. The summed E-state index contributed by atoms with van der Waals surface area (Å²) in [5.41, 5.74) is 6.09. The number of anilines is 1. The minimum Gasteiger partial charge on any atom is -0.394 e. The molecule has 0 saturated carbocycles. The SMILES string of the molecule is Cc1nn(CCO)c(C)c1[C@@H]1C=C[C@@H](NCc2ccc(N(C)C)cc2)C1. The second-order valence-electron chi connectivity index (χ2n) is 7.31. The maximum absolute atomic E-state index is 9.19. The third-order valence-corrected chi connectivity index (χ3v) is 5.22. The highest BCUT2D eigenvalue weighted by atomic mass is 16.3. The summed E-state index contributed by atoms with van der Waals surface area (Å²) in [4.78, 5) is 2.11. The fourth-order valence-corrected chi connectivity index (χ4v) is 3.79. The predicted molar refractivity (Wildman–Crippen MR) is 107 cm³/mol. The fraction of sp³-hybridized carbons (Fsp3) is 0.476. The summed E-state index contributed by atoms with van der Waals surface area (Å²) in [6.07, 6.45) is 5.64. The summed E-state index contributed by atoms with van der Waals surface area (Å²) < 4.78 is 1.92. The molecule has 0 unspecified atom stereocenters. The zero-order chi connectivity index (χ0) is 18.7. The molecule has 0 aliphatic heterocycles. The highest BCUT2D eigenvalue weighted by molar-refractivity contribution is 5.46. The van der Waals surface area contributed by atoms with Crippen molar-refractivity contribution >= 4 is 5.69 Å². The fourth-order valence-electron chi connectivity index (χ4n) is 3.79. The first kappa shape index (κ1) is 18.7. The van der Waals surface area contributed by atoms with Gasteiger partial charge in [0.25, 0.3) is 0 Å². The molecule has 0 radical (unpaired) electrons. The number of aliphatic hydroxyl groups is 1. The summed E-state index contributed by atoms with van der Waals surface area (Å²) in [6, 6.07) is 9.07. The van der Waals surface area contributed by atoms with E-state index in [9.17, 15) is 5.11 Å². The first-order valence-electron chi connectivity index (χ1n) is 9.32.